The number of esters is 1. The van der Waals surface area contributed by atoms with Crippen LogP contribution in [0.25, 0.3) is 0 Å². The lowest BCUT2D eigenvalue weighted by atomic mass is 9.83. The van der Waals surface area contributed by atoms with Crippen LogP contribution >= 0.6 is 0 Å². The zero-order valence-electron chi connectivity index (χ0n) is 21.2. The Bertz CT molecular complexity index is 1200. The van der Waals surface area contributed by atoms with Gasteiger partial charge in [-0.25, -0.2) is 5.01 Å². The molecule has 4 rings (SSSR count). The lowest BCUT2D eigenvalue weighted by Crippen LogP contribution is -2.47. The van der Waals surface area contributed by atoms with Crippen molar-refractivity contribution in [2.45, 2.75) is 39.7 Å². The van der Waals surface area contributed by atoms with Crippen molar-refractivity contribution < 1.29 is 28.6 Å². The van der Waals surface area contributed by atoms with E-state index in [1.54, 1.807) is 48.4 Å². The van der Waals surface area contributed by atoms with E-state index in [-0.39, 0.29) is 17.9 Å². The van der Waals surface area contributed by atoms with E-state index in [0.717, 1.165) is 5.56 Å². The highest BCUT2D eigenvalue weighted by Gasteiger charge is 2.47. The van der Waals surface area contributed by atoms with Gasteiger partial charge in [0.25, 0.3) is 11.8 Å². The summed E-state index contributed by atoms with van der Waals surface area (Å²) in [6.45, 7) is 6.11. The molecular weight excluding hydrogens is 462 g/mol. The fourth-order valence-corrected chi connectivity index (χ4v) is 4.64. The van der Waals surface area contributed by atoms with Gasteiger partial charge in [-0.1, -0.05) is 0 Å². The van der Waals surface area contributed by atoms with Gasteiger partial charge in [0.05, 0.1) is 31.4 Å². The van der Waals surface area contributed by atoms with E-state index < -0.39 is 11.4 Å². The molecular formula is C27H31N3O6. The molecule has 2 aromatic carbocycles. The highest BCUT2D eigenvalue weighted by molar-refractivity contribution is 6.19. The third-order valence-corrected chi connectivity index (χ3v) is 6.66. The molecule has 0 atom stereocenters. The van der Waals surface area contributed by atoms with Crippen LogP contribution in [0.1, 0.15) is 49.5 Å². The minimum absolute atomic E-state index is 0.0573. The van der Waals surface area contributed by atoms with Crippen molar-refractivity contribution in [3.8, 4) is 17.2 Å². The Kier molecular flexibility index (Phi) is 7.01. The number of hydrazone groups is 1. The molecule has 36 heavy (non-hydrogen) atoms. The van der Waals surface area contributed by atoms with Gasteiger partial charge < -0.3 is 19.1 Å². The lowest BCUT2D eigenvalue weighted by molar-refractivity contribution is -0.138. The molecule has 0 aliphatic carbocycles. The third kappa shape index (κ3) is 4.78. The van der Waals surface area contributed by atoms with Gasteiger partial charge in [-0.15, -0.1) is 0 Å². The Balaban J connectivity index is 1.46. The van der Waals surface area contributed by atoms with Crippen molar-refractivity contribution in [3.63, 3.8) is 0 Å². The van der Waals surface area contributed by atoms with Crippen LogP contribution in [-0.2, 0) is 9.59 Å². The number of benzene rings is 2. The van der Waals surface area contributed by atoms with Crippen LogP contribution in [0.2, 0.25) is 0 Å². The number of hydrogen-bond donors (Lipinski definition) is 0. The van der Waals surface area contributed by atoms with Crippen molar-refractivity contribution in [2.24, 2.45) is 10.5 Å². The summed E-state index contributed by atoms with van der Waals surface area (Å²) < 4.78 is 15.8. The van der Waals surface area contributed by atoms with Gasteiger partial charge in [0, 0.05) is 31.1 Å². The molecule has 2 aromatic rings. The molecule has 0 aromatic heterocycles. The summed E-state index contributed by atoms with van der Waals surface area (Å²) in [7, 11) is 3.15. The summed E-state index contributed by atoms with van der Waals surface area (Å²) in [5.41, 5.74) is 1.21. The highest BCUT2D eigenvalue weighted by Crippen LogP contribution is 2.37. The van der Waals surface area contributed by atoms with Gasteiger partial charge in [0.2, 0.25) is 0 Å². The first kappa shape index (κ1) is 25.2. The molecule has 2 aliphatic heterocycles. The molecule has 0 radical (unpaired) electrons. The van der Waals surface area contributed by atoms with Crippen molar-refractivity contribution in [3.05, 3.63) is 53.6 Å². The Hall–Kier alpha value is -3.88. The molecule has 190 valence electrons. The van der Waals surface area contributed by atoms with Crippen LogP contribution in [0, 0.1) is 5.41 Å². The Morgan fingerprint density at radius 3 is 2.19 bits per heavy atom. The minimum atomic E-state index is -0.795. The quantitative estimate of drug-likeness (QED) is 0.451. The zero-order valence-corrected chi connectivity index (χ0v) is 21.2. The number of nitrogens with zero attached hydrogens (tertiary/aromatic N) is 3. The molecule has 2 aliphatic rings. The van der Waals surface area contributed by atoms with E-state index in [0.29, 0.717) is 54.5 Å². The topological polar surface area (TPSA) is 97.7 Å². The molecule has 1 saturated heterocycles. The van der Waals surface area contributed by atoms with Gasteiger partial charge in [-0.3, -0.25) is 14.4 Å². The van der Waals surface area contributed by atoms with Gasteiger partial charge in [-0.2, -0.15) is 5.10 Å². The number of carbonyl (C=O) groups excluding carboxylic acids is 3. The van der Waals surface area contributed by atoms with Gasteiger partial charge in [-0.05, 0) is 69.2 Å². The fraction of sp³-hybridized carbons (Fsp3) is 0.407. The summed E-state index contributed by atoms with van der Waals surface area (Å²) in [4.78, 5) is 39.2. The molecule has 2 amide bonds. The van der Waals surface area contributed by atoms with Crippen LogP contribution in [0.3, 0.4) is 0 Å². The largest absolute Gasteiger partial charge is 0.493 e. The standard InChI is InChI=1S/C27H31N3O6/c1-17(31)36-21-9-6-18(7-10-21)25(32)29-14-12-20(13-15-29)30-26(33)27(2,3)24(28-30)19-8-11-22(34-4)23(16-19)35-5/h6-11,16,20H,12-15H2,1-5H3. The van der Waals surface area contributed by atoms with Crippen LogP contribution in [0.5, 0.6) is 17.2 Å². The number of piperidine rings is 1. The van der Waals surface area contributed by atoms with E-state index >= 15 is 0 Å². The third-order valence-electron chi connectivity index (χ3n) is 6.66. The lowest BCUT2D eigenvalue weighted by Gasteiger charge is -2.35. The molecule has 0 bridgehead atoms. The monoisotopic (exact) mass is 493 g/mol. The van der Waals surface area contributed by atoms with E-state index in [2.05, 4.69) is 0 Å². The van der Waals surface area contributed by atoms with E-state index in [4.69, 9.17) is 19.3 Å². The fourth-order valence-electron chi connectivity index (χ4n) is 4.64. The van der Waals surface area contributed by atoms with Gasteiger partial charge in [0.15, 0.2) is 11.5 Å². The number of carbonyl (C=O) groups is 3. The maximum atomic E-state index is 13.4. The van der Waals surface area contributed by atoms with Crippen molar-refractivity contribution in [1.82, 2.24) is 9.91 Å². The summed E-state index contributed by atoms with van der Waals surface area (Å²) >= 11 is 0. The number of ether oxygens (including phenoxy) is 3. The second-order valence-electron chi connectivity index (χ2n) is 9.43. The van der Waals surface area contributed by atoms with E-state index in [9.17, 15) is 14.4 Å². The molecule has 2 heterocycles. The number of amides is 2. The second kappa shape index (κ2) is 10.0. The summed E-state index contributed by atoms with van der Waals surface area (Å²) in [6, 6.07) is 12.0. The zero-order chi connectivity index (χ0) is 26.0. The number of hydrogen-bond acceptors (Lipinski definition) is 7. The Morgan fingerprint density at radius 2 is 1.61 bits per heavy atom. The summed E-state index contributed by atoms with van der Waals surface area (Å²) in [5, 5.41) is 6.37. The summed E-state index contributed by atoms with van der Waals surface area (Å²) in [5.74, 6) is 1.03. The first-order chi connectivity index (χ1) is 17.1. The molecule has 0 N–H and O–H groups in total. The van der Waals surface area contributed by atoms with Gasteiger partial charge in [0.1, 0.15) is 5.75 Å². The molecule has 0 saturated carbocycles. The van der Waals surface area contributed by atoms with Crippen molar-refractivity contribution in [2.75, 3.05) is 27.3 Å². The highest BCUT2D eigenvalue weighted by atomic mass is 16.5. The SMILES string of the molecule is COc1ccc(C2=NN(C3CCN(C(=O)c4ccc(OC(C)=O)cc4)CC3)C(=O)C2(C)C)cc1OC. The smallest absolute Gasteiger partial charge is 0.308 e. The maximum absolute atomic E-state index is 13.4. The van der Waals surface area contributed by atoms with Crippen LogP contribution in [0.4, 0.5) is 0 Å². The first-order valence-corrected chi connectivity index (χ1v) is 11.9. The first-order valence-electron chi connectivity index (χ1n) is 11.9. The van der Waals surface area contributed by atoms with Crippen LogP contribution in [-0.4, -0.2) is 66.8 Å². The number of methoxy groups -OCH3 is 2. The number of likely N-dealkylation sites (tertiary alicyclic amines) is 1. The van der Waals surface area contributed by atoms with Crippen LogP contribution in [0.15, 0.2) is 47.6 Å². The predicted molar refractivity (Wildman–Crippen MR) is 133 cm³/mol. The second-order valence-corrected chi connectivity index (χ2v) is 9.43. The maximum Gasteiger partial charge on any atom is 0.308 e. The Labute approximate surface area is 210 Å². The molecule has 9 heteroatoms. The Morgan fingerprint density at radius 1 is 0.972 bits per heavy atom. The van der Waals surface area contributed by atoms with Gasteiger partial charge >= 0.3 is 5.97 Å². The average molecular weight is 494 g/mol. The normalized spacial score (nSPS) is 17.6. The van der Waals surface area contributed by atoms with Crippen molar-refractivity contribution >= 4 is 23.5 Å². The average Bonchev–Trinajstić information content (AvgIpc) is 3.12. The number of rotatable bonds is 6. The van der Waals surface area contributed by atoms with Crippen LogP contribution < -0.4 is 14.2 Å². The molecule has 1 fully saturated rings. The minimum Gasteiger partial charge on any atom is -0.493 e. The van der Waals surface area contributed by atoms with E-state index in [1.807, 2.05) is 32.0 Å². The summed E-state index contributed by atoms with van der Waals surface area (Å²) in [6.07, 6.45) is 1.25. The van der Waals surface area contributed by atoms with E-state index in [1.165, 1.54) is 6.92 Å². The predicted octanol–water partition coefficient (Wildman–Crippen LogP) is 3.51. The molecule has 0 unspecified atom stereocenters. The molecule has 0 spiro atoms. The van der Waals surface area contributed by atoms with Crippen molar-refractivity contribution in [1.29, 1.82) is 0 Å². The molecule has 9 nitrogen and oxygen atoms in total.